The standard InChI is InChI=1S/C8H7N2S/c1-2-7-11(6-1)8-9-4-3-5-10-8/h1-2,4-7,11H. The topological polar surface area (TPSA) is 25.8 Å². The van der Waals surface area contributed by atoms with Crippen LogP contribution >= 0.6 is 10.9 Å². The molecule has 0 N–H and O–H groups in total. The van der Waals surface area contributed by atoms with E-state index in [2.05, 4.69) is 26.9 Å². The van der Waals surface area contributed by atoms with Gasteiger partial charge in [0, 0.05) is 18.5 Å². The Morgan fingerprint density at radius 1 is 1.09 bits per heavy atom. The van der Waals surface area contributed by atoms with Crippen molar-refractivity contribution in [1.82, 2.24) is 9.97 Å². The predicted molar refractivity (Wildman–Crippen MR) is 46.4 cm³/mol. The van der Waals surface area contributed by atoms with Gasteiger partial charge < -0.3 is 0 Å². The molecule has 2 nitrogen and oxygen atoms in total. The molecule has 0 bridgehead atoms. The van der Waals surface area contributed by atoms with Gasteiger partial charge >= 0.3 is 0 Å². The molecule has 1 aromatic heterocycles. The van der Waals surface area contributed by atoms with Crippen molar-refractivity contribution < 1.29 is 0 Å². The largest absolute Gasteiger partial charge is 0.231 e. The van der Waals surface area contributed by atoms with Crippen molar-refractivity contribution in [3.8, 4) is 0 Å². The smallest absolute Gasteiger partial charge is 0.174 e. The van der Waals surface area contributed by atoms with E-state index in [1.165, 1.54) is 0 Å². The molecule has 0 atom stereocenters. The Bertz CT molecular complexity index is 280. The normalized spacial score (nSPS) is 17.6. The first-order valence-electron chi connectivity index (χ1n) is 3.28. The molecule has 3 heteroatoms. The van der Waals surface area contributed by atoms with Crippen LogP contribution in [0.3, 0.4) is 0 Å². The van der Waals surface area contributed by atoms with Crippen molar-refractivity contribution in [3.05, 3.63) is 41.4 Å². The summed E-state index contributed by atoms with van der Waals surface area (Å²) < 4.78 is 0. The molecule has 0 aliphatic carbocycles. The van der Waals surface area contributed by atoms with E-state index in [1.54, 1.807) is 12.4 Å². The molecule has 2 heterocycles. The predicted octanol–water partition coefficient (Wildman–Crippen LogP) is 1.68. The Balaban J connectivity index is 2.30. The Hall–Kier alpha value is -1.09. The lowest BCUT2D eigenvalue weighted by atomic mass is 10.6. The number of nitrogens with zero attached hydrogens (tertiary/aromatic N) is 2. The lowest BCUT2D eigenvalue weighted by Gasteiger charge is -2.05. The second-order valence-electron chi connectivity index (χ2n) is 2.07. The molecule has 2 rings (SSSR count). The van der Waals surface area contributed by atoms with Crippen molar-refractivity contribution in [2.75, 3.05) is 0 Å². The van der Waals surface area contributed by atoms with Gasteiger partial charge in [-0.05, 0) is 10.8 Å². The fourth-order valence-electron chi connectivity index (χ4n) is 0.858. The quantitative estimate of drug-likeness (QED) is 0.503. The number of aromatic nitrogens is 2. The maximum Gasteiger partial charge on any atom is 0.174 e. The van der Waals surface area contributed by atoms with Crippen molar-refractivity contribution >= 4 is 10.9 Å². The lowest BCUT2D eigenvalue weighted by Crippen LogP contribution is -1.84. The van der Waals surface area contributed by atoms with Crippen LogP contribution in [-0.2, 0) is 0 Å². The molecule has 1 aliphatic heterocycles. The summed E-state index contributed by atoms with van der Waals surface area (Å²) in [7, 11) is -0.344. The average Bonchev–Trinajstić information content (AvgIpc) is 2.58. The van der Waals surface area contributed by atoms with Gasteiger partial charge in [0.15, 0.2) is 5.16 Å². The van der Waals surface area contributed by atoms with E-state index in [0.717, 1.165) is 5.16 Å². The minimum atomic E-state index is -0.344. The molecule has 1 aliphatic rings. The number of thiol groups is 1. The number of allylic oxidation sites excluding steroid dienone is 2. The van der Waals surface area contributed by atoms with Gasteiger partial charge in [0.05, 0.1) is 0 Å². The summed E-state index contributed by atoms with van der Waals surface area (Å²) in [4.78, 5) is 8.24. The van der Waals surface area contributed by atoms with Gasteiger partial charge in [-0.2, -0.15) is 10.9 Å². The molecule has 0 aromatic carbocycles. The summed E-state index contributed by atoms with van der Waals surface area (Å²) in [6, 6.07) is 2.80. The fraction of sp³-hybridized carbons (Fsp3) is 0. The molecule has 1 radical (unpaired) electrons. The monoisotopic (exact) mass is 163 g/mol. The highest BCUT2D eigenvalue weighted by Crippen LogP contribution is 2.38. The minimum Gasteiger partial charge on any atom is -0.231 e. The van der Waals surface area contributed by atoms with Crippen molar-refractivity contribution in [1.29, 1.82) is 0 Å². The van der Waals surface area contributed by atoms with Gasteiger partial charge in [0.25, 0.3) is 0 Å². The van der Waals surface area contributed by atoms with Gasteiger partial charge in [0.2, 0.25) is 0 Å². The molecule has 0 fully saturated rings. The summed E-state index contributed by atoms with van der Waals surface area (Å²) >= 11 is 0. The first-order chi connectivity index (χ1) is 5.47. The van der Waals surface area contributed by atoms with Crippen LogP contribution in [0.15, 0.2) is 40.5 Å². The van der Waals surface area contributed by atoms with E-state index < -0.39 is 0 Å². The molecule has 1 aromatic rings. The van der Waals surface area contributed by atoms with Crippen LogP contribution in [0.5, 0.6) is 0 Å². The zero-order chi connectivity index (χ0) is 7.52. The lowest BCUT2D eigenvalue weighted by molar-refractivity contribution is 0.965. The van der Waals surface area contributed by atoms with Crippen molar-refractivity contribution in [2.45, 2.75) is 5.16 Å². The van der Waals surface area contributed by atoms with Crippen LogP contribution in [0.4, 0.5) is 0 Å². The Morgan fingerprint density at radius 3 is 2.36 bits per heavy atom. The van der Waals surface area contributed by atoms with E-state index in [-0.39, 0.29) is 10.9 Å². The van der Waals surface area contributed by atoms with E-state index >= 15 is 0 Å². The first kappa shape index (κ1) is 6.61. The fourth-order valence-corrected chi connectivity index (χ4v) is 2.18. The van der Waals surface area contributed by atoms with E-state index in [1.807, 2.05) is 12.2 Å². The van der Waals surface area contributed by atoms with Crippen LogP contribution in [-0.4, -0.2) is 9.97 Å². The number of rotatable bonds is 1. The highest BCUT2D eigenvalue weighted by atomic mass is 32.2. The molecular weight excluding hydrogens is 156 g/mol. The highest BCUT2D eigenvalue weighted by Gasteiger charge is 2.03. The molecule has 0 saturated heterocycles. The van der Waals surface area contributed by atoms with Crippen LogP contribution in [0.2, 0.25) is 0 Å². The van der Waals surface area contributed by atoms with Crippen LogP contribution < -0.4 is 0 Å². The average molecular weight is 163 g/mol. The zero-order valence-corrected chi connectivity index (χ0v) is 6.70. The van der Waals surface area contributed by atoms with Crippen molar-refractivity contribution in [3.63, 3.8) is 0 Å². The Morgan fingerprint density at radius 2 is 1.73 bits per heavy atom. The zero-order valence-electron chi connectivity index (χ0n) is 5.81. The van der Waals surface area contributed by atoms with Gasteiger partial charge in [-0.25, -0.2) is 9.97 Å². The van der Waals surface area contributed by atoms with E-state index in [4.69, 9.17) is 0 Å². The second-order valence-corrected chi connectivity index (χ2v) is 3.88. The van der Waals surface area contributed by atoms with Crippen LogP contribution in [0, 0.1) is 6.07 Å². The molecule has 0 unspecified atom stereocenters. The molecule has 55 valence electrons. The summed E-state index contributed by atoms with van der Waals surface area (Å²) in [5.74, 6) is 0. The third kappa shape index (κ3) is 1.33. The third-order valence-electron chi connectivity index (χ3n) is 1.34. The molecule has 0 amide bonds. The maximum absolute atomic E-state index is 4.12. The molecule has 0 saturated carbocycles. The van der Waals surface area contributed by atoms with Gasteiger partial charge in [-0.3, -0.25) is 0 Å². The first-order valence-corrected chi connectivity index (χ1v) is 4.76. The number of hydrogen-bond acceptors (Lipinski definition) is 2. The summed E-state index contributed by atoms with van der Waals surface area (Å²) in [6.45, 7) is 0. The Kier molecular flexibility index (Phi) is 1.73. The minimum absolute atomic E-state index is 0.344. The summed E-state index contributed by atoms with van der Waals surface area (Å²) in [6.07, 6.45) is 7.38. The third-order valence-corrected chi connectivity index (χ3v) is 3.02. The van der Waals surface area contributed by atoms with E-state index in [9.17, 15) is 0 Å². The molecular formula is C8H7N2S. The van der Waals surface area contributed by atoms with Crippen LogP contribution in [0.25, 0.3) is 0 Å². The van der Waals surface area contributed by atoms with Gasteiger partial charge in [-0.1, -0.05) is 12.2 Å². The second kappa shape index (κ2) is 2.88. The summed E-state index contributed by atoms with van der Waals surface area (Å²) in [5, 5.41) is 5.17. The summed E-state index contributed by atoms with van der Waals surface area (Å²) in [5.41, 5.74) is 0. The SMILES string of the molecule is [c]1cnc([SH]2C=CC=C2)nc1. The number of hydrogen-bond donors (Lipinski definition) is 1. The molecule has 11 heavy (non-hydrogen) atoms. The van der Waals surface area contributed by atoms with Crippen LogP contribution in [0.1, 0.15) is 0 Å². The molecule has 0 spiro atoms. The van der Waals surface area contributed by atoms with Crippen molar-refractivity contribution in [2.24, 2.45) is 0 Å². The maximum atomic E-state index is 4.12. The Labute approximate surface area is 68.0 Å². The van der Waals surface area contributed by atoms with Gasteiger partial charge in [-0.15, -0.1) is 0 Å². The van der Waals surface area contributed by atoms with E-state index in [0.29, 0.717) is 0 Å². The van der Waals surface area contributed by atoms with Gasteiger partial charge in [0.1, 0.15) is 0 Å². The highest BCUT2D eigenvalue weighted by molar-refractivity contribution is 8.22.